The first kappa shape index (κ1) is 22.8. The number of hydrogen-bond donors (Lipinski definition) is 2. The largest absolute Gasteiger partial charge is 0.433 e. The van der Waals surface area contributed by atoms with Crippen molar-refractivity contribution in [1.29, 1.82) is 0 Å². The highest BCUT2D eigenvalue weighted by Gasteiger charge is 2.35. The highest BCUT2D eigenvalue weighted by molar-refractivity contribution is 7.80. The highest BCUT2D eigenvalue weighted by Crippen LogP contribution is 2.39. The van der Waals surface area contributed by atoms with Crippen LogP contribution in [0.1, 0.15) is 56.2 Å². The fourth-order valence-electron chi connectivity index (χ4n) is 4.73. The van der Waals surface area contributed by atoms with Gasteiger partial charge in [-0.25, -0.2) is 4.98 Å². The number of rotatable bonds is 5. The van der Waals surface area contributed by atoms with Crippen LogP contribution in [0, 0.1) is 0 Å². The monoisotopic (exact) mass is 463 g/mol. The Hall–Kier alpha value is -2.42. The molecule has 0 unspecified atom stereocenters. The second-order valence-corrected chi connectivity index (χ2v) is 9.05. The molecule has 172 valence electrons. The van der Waals surface area contributed by atoms with E-state index in [1.54, 1.807) is 0 Å². The second-order valence-electron chi connectivity index (χ2n) is 8.64. The quantitative estimate of drug-likeness (QED) is 0.588. The van der Waals surface area contributed by atoms with E-state index < -0.39 is 11.9 Å². The molecule has 5 nitrogen and oxygen atoms in total. The first-order valence-corrected chi connectivity index (χ1v) is 11.6. The van der Waals surface area contributed by atoms with E-state index in [1.165, 1.54) is 12.0 Å². The third-order valence-corrected chi connectivity index (χ3v) is 6.69. The number of hydrogen-bond acceptors (Lipinski definition) is 4. The van der Waals surface area contributed by atoms with Gasteiger partial charge < -0.3 is 15.5 Å². The lowest BCUT2D eigenvalue weighted by molar-refractivity contribution is -0.141. The van der Waals surface area contributed by atoms with Gasteiger partial charge in [0.15, 0.2) is 10.8 Å². The molecule has 1 aromatic carbocycles. The standard InChI is InChI=1S/C23H28F3N5S/c24-23(25,26)18-15-19(31-13-7-8-14-31)29-20(28-18)30-21(32)27-16-22(11-5-2-6-12-22)17-9-3-1-4-10-17/h1,3-4,9-10,15H,2,5-8,11-14,16H2,(H2,27,28,29,30,32). The van der Waals surface area contributed by atoms with Crippen LogP contribution in [0.5, 0.6) is 0 Å². The molecule has 0 bridgehead atoms. The molecule has 9 heteroatoms. The zero-order valence-corrected chi connectivity index (χ0v) is 18.7. The van der Waals surface area contributed by atoms with Gasteiger partial charge in [-0.05, 0) is 43.5 Å². The predicted molar refractivity (Wildman–Crippen MR) is 124 cm³/mol. The minimum atomic E-state index is -4.55. The van der Waals surface area contributed by atoms with Crippen molar-refractivity contribution < 1.29 is 13.2 Å². The van der Waals surface area contributed by atoms with Gasteiger partial charge in [-0.1, -0.05) is 49.6 Å². The Morgan fingerprint density at radius 2 is 1.69 bits per heavy atom. The van der Waals surface area contributed by atoms with Crippen molar-refractivity contribution in [2.45, 2.75) is 56.5 Å². The molecular formula is C23H28F3N5S. The topological polar surface area (TPSA) is 53.1 Å². The van der Waals surface area contributed by atoms with Gasteiger partial charge in [0.2, 0.25) is 5.95 Å². The lowest BCUT2D eigenvalue weighted by Crippen LogP contribution is -2.43. The average Bonchev–Trinajstić information content (AvgIpc) is 3.33. The van der Waals surface area contributed by atoms with Crippen molar-refractivity contribution in [3.8, 4) is 0 Å². The van der Waals surface area contributed by atoms with Crippen molar-refractivity contribution in [2.24, 2.45) is 0 Å². The van der Waals surface area contributed by atoms with Gasteiger partial charge in [0.1, 0.15) is 5.82 Å². The van der Waals surface area contributed by atoms with Gasteiger partial charge in [0.25, 0.3) is 0 Å². The Balaban J connectivity index is 1.49. The van der Waals surface area contributed by atoms with Crippen LogP contribution in [0.3, 0.4) is 0 Å². The number of alkyl halides is 3. The van der Waals surface area contributed by atoms with Crippen molar-refractivity contribution >= 4 is 29.1 Å². The molecule has 1 saturated heterocycles. The third-order valence-electron chi connectivity index (χ3n) is 6.44. The van der Waals surface area contributed by atoms with Crippen molar-refractivity contribution in [1.82, 2.24) is 15.3 Å². The Bertz CT molecular complexity index is 923. The number of halogens is 3. The summed E-state index contributed by atoms with van der Waals surface area (Å²) in [6.45, 7) is 1.99. The molecule has 1 aliphatic carbocycles. The summed E-state index contributed by atoms with van der Waals surface area (Å²) < 4.78 is 40.2. The van der Waals surface area contributed by atoms with Crippen LogP contribution in [-0.4, -0.2) is 34.7 Å². The van der Waals surface area contributed by atoms with E-state index in [0.29, 0.717) is 19.6 Å². The van der Waals surface area contributed by atoms with Crippen molar-refractivity contribution in [3.05, 3.63) is 47.7 Å². The van der Waals surface area contributed by atoms with Crippen molar-refractivity contribution in [2.75, 3.05) is 29.9 Å². The summed E-state index contributed by atoms with van der Waals surface area (Å²) in [5, 5.41) is 6.26. The first-order chi connectivity index (χ1) is 15.4. The van der Waals surface area contributed by atoms with Crippen LogP contribution in [0.4, 0.5) is 24.9 Å². The molecule has 0 atom stereocenters. The molecule has 2 fully saturated rings. The molecular weight excluding hydrogens is 435 g/mol. The normalized spacial score (nSPS) is 18.4. The molecule has 0 radical (unpaired) electrons. The lowest BCUT2D eigenvalue weighted by Gasteiger charge is -2.38. The summed E-state index contributed by atoms with van der Waals surface area (Å²) in [5.74, 6) is 0.153. The van der Waals surface area contributed by atoms with E-state index in [-0.39, 0.29) is 22.3 Å². The van der Waals surface area contributed by atoms with Gasteiger partial charge in [-0.15, -0.1) is 0 Å². The molecule has 1 aromatic heterocycles. The number of nitrogens with zero attached hydrogens (tertiary/aromatic N) is 3. The fourth-order valence-corrected chi connectivity index (χ4v) is 4.89. The zero-order chi connectivity index (χ0) is 22.6. The molecule has 1 aliphatic heterocycles. The van der Waals surface area contributed by atoms with Crippen LogP contribution in [0.2, 0.25) is 0 Å². The Morgan fingerprint density at radius 1 is 1.00 bits per heavy atom. The summed E-state index contributed by atoms with van der Waals surface area (Å²) in [4.78, 5) is 9.85. The fraction of sp³-hybridized carbons (Fsp3) is 0.522. The number of benzene rings is 1. The maximum absolute atomic E-state index is 13.4. The molecule has 0 spiro atoms. The number of thiocarbonyl (C=S) groups is 1. The number of aromatic nitrogens is 2. The van der Waals surface area contributed by atoms with E-state index >= 15 is 0 Å². The van der Waals surface area contributed by atoms with Crippen LogP contribution in [0.25, 0.3) is 0 Å². The van der Waals surface area contributed by atoms with Crippen LogP contribution < -0.4 is 15.5 Å². The minimum Gasteiger partial charge on any atom is -0.361 e. The predicted octanol–water partition coefficient (Wildman–Crippen LogP) is 5.28. The number of nitrogens with one attached hydrogen (secondary N) is 2. The molecule has 0 amide bonds. The van der Waals surface area contributed by atoms with Crippen LogP contribution >= 0.6 is 12.2 Å². The maximum atomic E-state index is 13.4. The summed E-state index contributed by atoms with van der Waals surface area (Å²) in [7, 11) is 0. The second kappa shape index (κ2) is 9.60. The first-order valence-electron chi connectivity index (χ1n) is 11.2. The van der Waals surface area contributed by atoms with Crippen LogP contribution in [0.15, 0.2) is 36.4 Å². The highest BCUT2D eigenvalue weighted by atomic mass is 32.1. The molecule has 2 aliphatic rings. The Kier molecular flexibility index (Phi) is 6.83. The summed E-state index contributed by atoms with van der Waals surface area (Å²) in [5.41, 5.74) is 0.259. The van der Waals surface area contributed by atoms with E-state index in [4.69, 9.17) is 12.2 Å². The van der Waals surface area contributed by atoms with Gasteiger partial charge in [0, 0.05) is 31.1 Å². The van der Waals surface area contributed by atoms with Gasteiger partial charge in [0.05, 0.1) is 0 Å². The Labute approximate surface area is 191 Å². The average molecular weight is 464 g/mol. The molecule has 2 aromatic rings. The minimum absolute atomic E-state index is 0.0410. The number of anilines is 2. The van der Waals surface area contributed by atoms with Crippen LogP contribution in [-0.2, 0) is 11.6 Å². The van der Waals surface area contributed by atoms with E-state index in [1.807, 2.05) is 23.1 Å². The smallest absolute Gasteiger partial charge is 0.361 e. The lowest BCUT2D eigenvalue weighted by atomic mass is 9.69. The molecule has 1 saturated carbocycles. The molecule has 2 heterocycles. The van der Waals surface area contributed by atoms with Gasteiger partial charge in [-0.2, -0.15) is 18.2 Å². The Morgan fingerprint density at radius 3 is 2.34 bits per heavy atom. The zero-order valence-electron chi connectivity index (χ0n) is 17.9. The van der Waals surface area contributed by atoms with Crippen molar-refractivity contribution in [3.63, 3.8) is 0 Å². The summed E-state index contributed by atoms with van der Waals surface area (Å²) >= 11 is 5.42. The maximum Gasteiger partial charge on any atom is 0.433 e. The molecule has 32 heavy (non-hydrogen) atoms. The summed E-state index contributed by atoms with van der Waals surface area (Å²) in [6.07, 6.45) is 2.93. The van der Waals surface area contributed by atoms with E-state index in [0.717, 1.165) is 44.6 Å². The van der Waals surface area contributed by atoms with Gasteiger partial charge in [-0.3, -0.25) is 0 Å². The van der Waals surface area contributed by atoms with E-state index in [2.05, 4.69) is 32.7 Å². The van der Waals surface area contributed by atoms with E-state index in [9.17, 15) is 13.2 Å². The summed E-state index contributed by atoms with van der Waals surface area (Å²) in [6, 6.07) is 11.4. The molecule has 4 rings (SSSR count). The van der Waals surface area contributed by atoms with Gasteiger partial charge >= 0.3 is 6.18 Å². The SMILES string of the molecule is FC(F)(F)c1cc(N2CCCC2)nc(NC(=S)NCC2(c3ccccc3)CCCCC2)n1. The molecule has 2 N–H and O–H groups in total. The third kappa shape index (κ3) is 5.31.